The highest BCUT2D eigenvalue weighted by molar-refractivity contribution is 6.05. The number of aromatic nitrogens is 1. The Balaban J connectivity index is 2.57. The van der Waals surface area contributed by atoms with Gasteiger partial charge in [0.15, 0.2) is 17.3 Å². The first-order chi connectivity index (χ1) is 8.26. The lowest BCUT2D eigenvalue weighted by Gasteiger charge is -2.14. The molecule has 0 atom stereocenters. The lowest BCUT2D eigenvalue weighted by molar-refractivity contribution is 0.101. The molecule has 0 radical (unpaired) electrons. The van der Waals surface area contributed by atoms with E-state index >= 15 is 0 Å². The largest absolute Gasteiger partial charge is 0.440 e. The van der Waals surface area contributed by atoms with Crippen molar-refractivity contribution in [3.8, 4) is 0 Å². The number of nitrogens with two attached hydrogens (primary N) is 1. The van der Waals surface area contributed by atoms with Gasteiger partial charge in [-0.15, -0.1) is 0 Å². The zero-order valence-corrected chi connectivity index (χ0v) is 11.2. The Morgan fingerprint density at radius 2 is 2.06 bits per heavy atom. The average Bonchev–Trinajstić information content (AvgIpc) is 2.54. The van der Waals surface area contributed by atoms with E-state index in [1.165, 1.54) is 6.92 Å². The van der Waals surface area contributed by atoms with Gasteiger partial charge in [0, 0.05) is 12.1 Å². The van der Waals surface area contributed by atoms with Crippen LogP contribution in [-0.2, 0) is 6.42 Å². The van der Waals surface area contributed by atoms with Crippen LogP contribution in [0.4, 0.5) is 5.69 Å². The number of hydrogen-bond donors (Lipinski definition) is 1. The number of rotatable bonds is 2. The van der Waals surface area contributed by atoms with Crippen molar-refractivity contribution in [2.45, 2.75) is 34.1 Å². The van der Waals surface area contributed by atoms with Crippen molar-refractivity contribution in [1.29, 1.82) is 0 Å². The predicted octanol–water partition coefficient (Wildman–Crippen LogP) is 3.20. The quantitative estimate of drug-likeness (QED) is 0.652. The van der Waals surface area contributed by atoms with Crippen LogP contribution in [0.25, 0.3) is 11.1 Å². The second-order valence-electron chi connectivity index (χ2n) is 5.82. The van der Waals surface area contributed by atoms with E-state index in [-0.39, 0.29) is 11.2 Å². The first-order valence-corrected chi connectivity index (χ1v) is 5.96. The smallest absolute Gasteiger partial charge is 0.196 e. The standard InChI is InChI=1S/C14H18N2O2/c1-8(17)10-5-9(15)6-11-13(10)18-12(16-11)7-14(2,3)4/h5-6H,7,15H2,1-4H3. The molecule has 0 saturated carbocycles. The molecule has 0 fully saturated rings. The molecular formula is C14H18N2O2. The summed E-state index contributed by atoms with van der Waals surface area (Å²) in [6.07, 6.45) is 0.721. The highest BCUT2D eigenvalue weighted by Crippen LogP contribution is 2.27. The van der Waals surface area contributed by atoms with Crippen molar-refractivity contribution in [3.05, 3.63) is 23.6 Å². The number of benzene rings is 1. The van der Waals surface area contributed by atoms with E-state index < -0.39 is 0 Å². The molecule has 0 aliphatic heterocycles. The first-order valence-electron chi connectivity index (χ1n) is 5.96. The highest BCUT2D eigenvalue weighted by Gasteiger charge is 2.18. The maximum atomic E-state index is 11.6. The summed E-state index contributed by atoms with van der Waals surface area (Å²) in [4.78, 5) is 16.0. The van der Waals surface area contributed by atoms with E-state index in [1.807, 2.05) is 0 Å². The zero-order chi connectivity index (χ0) is 13.5. The van der Waals surface area contributed by atoms with Gasteiger partial charge < -0.3 is 10.2 Å². The number of fused-ring (bicyclic) bond motifs is 1. The Hall–Kier alpha value is -1.84. The van der Waals surface area contributed by atoms with E-state index in [1.54, 1.807) is 12.1 Å². The third kappa shape index (κ3) is 2.53. The third-order valence-electron chi connectivity index (χ3n) is 2.62. The van der Waals surface area contributed by atoms with Crippen LogP contribution in [0.2, 0.25) is 0 Å². The maximum Gasteiger partial charge on any atom is 0.196 e. The molecule has 2 aromatic rings. The Labute approximate surface area is 106 Å². The van der Waals surface area contributed by atoms with Crippen LogP contribution < -0.4 is 5.73 Å². The molecule has 1 aromatic carbocycles. The second kappa shape index (κ2) is 4.12. The molecule has 1 aromatic heterocycles. The number of Topliss-reactive ketones (excluding diaryl/α,β-unsaturated/α-hetero) is 1. The van der Waals surface area contributed by atoms with E-state index in [9.17, 15) is 4.79 Å². The summed E-state index contributed by atoms with van der Waals surface area (Å²) in [6.45, 7) is 7.84. The summed E-state index contributed by atoms with van der Waals surface area (Å²) in [5.41, 5.74) is 8.07. The number of nitrogens with zero attached hydrogens (tertiary/aromatic N) is 1. The lowest BCUT2D eigenvalue weighted by Crippen LogP contribution is -2.09. The normalized spacial score (nSPS) is 12.0. The SMILES string of the molecule is CC(=O)c1cc(N)cc2nc(CC(C)(C)C)oc12. The molecule has 1 heterocycles. The molecular weight excluding hydrogens is 228 g/mol. The minimum atomic E-state index is -0.0641. The van der Waals surface area contributed by atoms with Gasteiger partial charge in [-0.2, -0.15) is 0 Å². The molecule has 2 rings (SSSR count). The van der Waals surface area contributed by atoms with Gasteiger partial charge >= 0.3 is 0 Å². The minimum absolute atomic E-state index is 0.0641. The molecule has 0 bridgehead atoms. The maximum absolute atomic E-state index is 11.6. The molecule has 0 amide bonds. The number of carbonyl (C=O) groups excluding carboxylic acids is 1. The molecule has 0 unspecified atom stereocenters. The van der Waals surface area contributed by atoms with Crippen LogP contribution >= 0.6 is 0 Å². The summed E-state index contributed by atoms with van der Waals surface area (Å²) in [6, 6.07) is 3.37. The van der Waals surface area contributed by atoms with Gasteiger partial charge in [0.05, 0.1) is 5.56 Å². The van der Waals surface area contributed by atoms with E-state index in [0.29, 0.717) is 28.2 Å². The Bertz CT molecular complexity index is 606. The van der Waals surface area contributed by atoms with Crippen molar-refractivity contribution >= 4 is 22.6 Å². The molecule has 0 aliphatic rings. The molecule has 0 aliphatic carbocycles. The summed E-state index contributed by atoms with van der Waals surface area (Å²) in [5, 5.41) is 0. The second-order valence-corrected chi connectivity index (χ2v) is 5.82. The Morgan fingerprint density at radius 1 is 1.39 bits per heavy atom. The van der Waals surface area contributed by atoms with Crippen molar-refractivity contribution in [2.75, 3.05) is 5.73 Å². The number of carbonyl (C=O) groups is 1. The molecule has 18 heavy (non-hydrogen) atoms. The van der Waals surface area contributed by atoms with Crippen LogP contribution in [0, 0.1) is 5.41 Å². The number of ketones is 1. The molecule has 96 valence electrons. The molecule has 0 spiro atoms. The van der Waals surface area contributed by atoms with Crippen LogP contribution in [-0.4, -0.2) is 10.8 Å². The predicted molar refractivity (Wildman–Crippen MR) is 71.6 cm³/mol. The van der Waals surface area contributed by atoms with E-state index in [0.717, 1.165) is 6.42 Å². The van der Waals surface area contributed by atoms with Gasteiger partial charge in [0.25, 0.3) is 0 Å². The van der Waals surface area contributed by atoms with Gasteiger partial charge in [-0.3, -0.25) is 4.79 Å². The van der Waals surface area contributed by atoms with Gasteiger partial charge in [0.1, 0.15) is 5.52 Å². The van der Waals surface area contributed by atoms with Crippen LogP contribution in [0.5, 0.6) is 0 Å². The topological polar surface area (TPSA) is 69.1 Å². The summed E-state index contributed by atoms with van der Waals surface area (Å²) in [5.74, 6) is 0.580. The van der Waals surface area contributed by atoms with Crippen molar-refractivity contribution in [2.24, 2.45) is 5.41 Å². The zero-order valence-electron chi connectivity index (χ0n) is 11.2. The molecule has 4 nitrogen and oxygen atoms in total. The first kappa shape index (κ1) is 12.6. The fourth-order valence-corrected chi connectivity index (χ4v) is 1.89. The fraction of sp³-hybridized carbons (Fsp3) is 0.429. The number of nitrogen functional groups attached to an aromatic ring is 1. The van der Waals surface area contributed by atoms with Gasteiger partial charge in [-0.1, -0.05) is 20.8 Å². The fourth-order valence-electron chi connectivity index (χ4n) is 1.89. The van der Waals surface area contributed by atoms with Crippen molar-refractivity contribution < 1.29 is 9.21 Å². The van der Waals surface area contributed by atoms with Gasteiger partial charge in [-0.05, 0) is 24.5 Å². The van der Waals surface area contributed by atoms with Crippen LogP contribution in [0.15, 0.2) is 16.5 Å². The van der Waals surface area contributed by atoms with E-state index in [2.05, 4.69) is 25.8 Å². The van der Waals surface area contributed by atoms with Gasteiger partial charge in [-0.25, -0.2) is 4.98 Å². The summed E-state index contributed by atoms with van der Waals surface area (Å²) < 4.78 is 5.70. The monoisotopic (exact) mass is 246 g/mol. The van der Waals surface area contributed by atoms with Crippen molar-refractivity contribution in [3.63, 3.8) is 0 Å². The summed E-state index contributed by atoms with van der Waals surface area (Å²) >= 11 is 0. The van der Waals surface area contributed by atoms with Crippen LogP contribution in [0.3, 0.4) is 0 Å². The third-order valence-corrected chi connectivity index (χ3v) is 2.62. The number of oxazole rings is 1. The van der Waals surface area contributed by atoms with Crippen molar-refractivity contribution in [1.82, 2.24) is 4.98 Å². The highest BCUT2D eigenvalue weighted by atomic mass is 16.3. The lowest BCUT2D eigenvalue weighted by atomic mass is 9.92. The summed E-state index contributed by atoms with van der Waals surface area (Å²) in [7, 11) is 0. The number of anilines is 1. The number of hydrogen-bond acceptors (Lipinski definition) is 4. The average molecular weight is 246 g/mol. The van der Waals surface area contributed by atoms with E-state index in [4.69, 9.17) is 10.2 Å². The Morgan fingerprint density at radius 3 is 2.61 bits per heavy atom. The molecule has 0 saturated heterocycles. The molecule has 4 heteroatoms. The van der Waals surface area contributed by atoms with Gasteiger partial charge in [0.2, 0.25) is 0 Å². The van der Waals surface area contributed by atoms with Crippen LogP contribution in [0.1, 0.15) is 43.9 Å². The minimum Gasteiger partial charge on any atom is -0.440 e. The Kier molecular flexibility index (Phi) is 2.89. The molecule has 2 N–H and O–H groups in total.